The molecule has 31 heavy (non-hydrogen) atoms. The van der Waals surface area contributed by atoms with Gasteiger partial charge in [0.2, 0.25) is 17.7 Å². The van der Waals surface area contributed by atoms with Gasteiger partial charge < -0.3 is 10.4 Å². The van der Waals surface area contributed by atoms with Crippen LogP contribution in [0.1, 0.15) is 24.0 Å². The Morgan fingerprint density at radius 3 is 2.48 bits per heavy atom. The number of nitrogens with one attached hydrogen (secondary N) is 2. The molecule has 0 unspecified atom stereocenters. The highest BCUT2D eigenvalue weighted by molar-refractivity contribution is 6.25. The van der Waals surface area contributed by atoms with Gasteiger partial charge >= 0.3 is 5.97 Å². The predicted octanol–water partition coefficient (Wildman–Crippen LogP) is 1.78. The molecule has 3 aliphatic heterocycles. The zero-order chi connectivity index (χ0) is 21.9. The Morgan fingerprint density at radius 2 is 1.77 bits per heavy atom. The van der Waals surface area contributed by atoms with Crippen molar-refractivity contribution in [2.24, 2.45) is 11.8 Å². The lowest BCUT2D eigenvalue weighted by Crippen LogP contribution is -2.53. The Bertz CT molecular complexity index is 1130. The van der Waals surface area contributed by atoms with Crippen LogP contribution in [0.4, 0.5) is 11.4 Å². The number of fused-ring (bicyclic) bond motifs is 4. The molecule has 8 nitrogen and oxygen atoms in total. The Kier molecular flexibility index (Phi) is 4.23. The number of benzene rings is 2. The molecule has 3 N–H and O–H groups in total. The van der Waals surface area contributed by atoms with Gasteiger partial charge in [-0.05, 0) is 31.5 Å². The molecule has 5 rings (SSSR count). The summed E-state index contributed by atoms with van der Waals surface area (Å²) in [6.45, 7) is 1.91. The van der Waals surface area contributed by atoms with E-state index in [2.05, 4.69) is 10.6 Å². The molecule has 0 saturated carbocycles. The first kappa shape index (κ1) is 19.4. The van der Waals surface area contributed by atoms with Crippen molar-refractivity contribution in [3.63, 3.8) is 0 Å². The van der Waals surface area contributed by atoms with E-state index < -0.39 is 47.1 Å². The molecule has 2 fully saturated rings. The average molecular weight is 419 g/mol. The standard InChI is InChI=1S/C23H21N3O5/c1-12-6-8-13(9-7-12)26-20(29)18-16(10-11-17(27)28)25-23(19(18)21(26)30)14-4-2-3-5-15(14)24-22(23)31/h2-9,16,18-19,25H,10-11H2,1H3,(H,24,31)(H,27,28)/t16-,18-,19-,23-/m0/s1. The van der Waals surface area contributed by atoms with E-state index in [-0.39, 0.29) is 12.8 Å². The number of rotatable bonds is 4. The quantitative estimate of drug-likeness (QED) is 0.651. The topological polar surface area (TPSA) is 116 Å². The molecular weight excluding hydrogens is 398 g/mol. The molecule has 2 saturated heterocycles. The second-order valence-corrected chi connectivity index (χ2v) is 8.34. The van der Waals surface area contributed by atoms with E-state index in [0.717, 1.165) is 10.5 Å². The number of nitrogens with zero attached hydrogens (tertiary/aromatic N) is 1. The number of imide groups is 1. The van der Waals surface area contributed by atoms with E-state index >= 15 is 0 Å². The Morgan fingerprint density at radius 1 is 1.06 bits per heavy atom. The van der Waals surface area contributed by atoms with Gasteiger partial charge in [-0.1, -0.05) is 35.9 Å². The minimum absolute atomic E-state index is 0.133. The Balaban J connectivity index is 1.64. The van der Waals surface area contributed by atoms with Crippen LogP contribution in [-0.2, 0) is 24.7 Å². The number of carbonyl (C=O) groups is 4. The van der Waals surface area contributed by atoms with Crippen LogP contribution < -0.4 is 15.5 Å². The van der Waals surface area contributed by atoms with Crippen LogP contribution in [0.2, 0.25) is 0 Å². The zero-order valence-electron chi connectivity index (χ0n) is 16.8. The summed E-state index contributed by atoms with van der Waals surface area (Å²) in [7, 11) is 0. The molecule has 3 amide bonds. The molecule has 0 aromatic heterocycles. The molecule has 3 aliphatic rings. The molecule has 2 aromatic rings. The number of carboxylic acids is 1. The highest BCUT2D eigenvalue weighted by Crippen LogP contribution is 2.53. The number of aliphatic carboxylic acids is 1. The maximum Gasteiger partial charge on any atom is 0.303 e. The second kappa shape index (κ2) is 6.75. The fourth-order valence-electron chi connectivity index (χ4n) is 5.23. The second-order valence-electron chi connectivity index (χ2n) is 8.34. The summed E-state index contributed by atoms with van der Waals surface area (Å²) < 4.78 is 0. The molecule has 1 spiro atoms. The largest absolute Gasteiger partial charge is 0.481 e. The Hall–Kier alpha value is -3.52. The third-order valence-corrected chi connectivity index (χ3v) is 6.58. The van der Waals surface area contributed by atoms with Crippen molar-refractivity contribution < 1.29 is 24.3 Å². The highest BCUT2D eigenvalue weighted by atomic mass is 16.4. The molecule has 0 radical (unpaired) electrons. The number of carbonyl (C=O) groups excluding carboxylic acids is 3. The van der Waals surface area contributed by atoms with Gasteiger partial charge in [-0.2, -0.15) is 0 Å². The first-order valence-corrected chi connectivity index (χ1v) is 10.2. The SMILES string of the molecule is Cc1ccc(N2C(=O)[C@H]3[C@H](CCC(=O)O)N[C@]4(C(=O)Nc5ccccc54)[C@@H]3C2=O)cc1. The lowest BCUT2D eigenvalue weighted by atomic mass is 9.76. The van der Waals surface area contributed by atoms with Gasteiger partial charge in [-0.25, -0.2) is 4.90 Å². The van der Waals surface area contributed by atoms with Gasteiger partial charge in [0, 0.05) is 23.7 Å². The predicted molar refractivity (Wildman–Crippen MR) is 111 cm³/mol. The Labute approximate surface area is 178 Å². The fraction of sp³-hybridized carbons (Fsp3) is 0.304. The maximum absolute atomic E-state index is 13.7. The van der Waals surface area contributed by atoms with Gasteiger partial charge in [0.1, 0.15) is 5.54 Å². The van der Waals surface area contributed by atoms with Crippen LogP contribution in [-0.4, -0.2) is 34.8 Å². The van der Waals surface area contributed by atoms with Crippen molar-refractivity contribution in [3.05, 3.63) is 59.7 Å². The lowest BCUT2D eigenvalue weighted by Gasteiger charge is -2.29. The van der Waals surface area contributed by atoms with Crippen LogP contribution in [0.5, 0.6) is 0 Å². The zero-order valence-corrected chi connectivity index (χ0v) is 16.8. The molecule has 4 atom stereocenters. The summed E-state index contributed by atoms with van der Waals surface area (Å²) in [6, 6.07) is 13.5. The normalized spacial score (nSPS) is 28.7. The average Bonchev–Trinajstić information content (AvgIpc) is 3.32. The number of carboxylic acid groups (broad SMARTS) is 1. The number of aryl methyl sites for hydroxylation is 1. The minimum atomic E-state index is -1.41. The van der Waals surface area contributed by atoms with Crippen LogP contribution >= 0.6 is 0 Å². The molecule has 2 aromatic carbocycles. The van der Waals surface area contributed by atoms with Crippen molar-refractivity contribution >= 4 is 35.1 Å². The molecule has 8 heteroatoms. The van der Waals surface area contributed by atoms with Crippen molar-refractivity contribution in [3.8, 4) is 0 Å². The smallest absolute Gasteiger partial charge is 0.303 e. The first-order chi connectivity index (χ1) is 14.8. The number of hydrogen-bond acceptors (Lipinski definition) is 5. The van der Waals surface area contributed by atoms with Gasteiger partial charge in [0.15, 0.2) is 0 Å². The van der Waals surface area contributed by atoms with Gasteiger partial charge in [-0.15, -0.1) is 0 Å². The molecule has 0 aliphatic carbocycles. The summed E-state index contributed by atoms with van der Waals surface area (Å²) in [5.74, 6) is -4.03. The van der Waals surface area contributed by atoms with Crippen LogP contribution in [0.3, 0.4) is 0 Å². The molecular formula is C23H21N3O5. The summed E-state index contributed by atoms with van der Waals surface area (Å²) in [6.07, 6.45) is -0.0410. The monoisotopic (exact) mass is 419 g/mol. The lowest BCUT2D eigenvalue weighted by molar-refractivity contribution is -0.137. The van der Waals surface area contributed by atoms with E-state index in [4.69, 9.17) is 0 Å². The van der Waals surface area contributed by atoms with E-state index in [0.29, 0.717) is 16.9 Å². The van der Waals surface area contributed by atoms with Crippen molar-refractivity contribution in [2.45, 2.75) is 31.3 Å². The van der Waals surface area contributed by atoms with Crippen LogP contribution in [0.25, 0.3) is 0 Å². The van der Waals surface area contributed by atoms with Crippen molar-refractivity contribution in [1.29, 1.82) is 0 Å². The van der Waals surface area contributed by atoms with E-state index in [1.165, 1.54) is 0 Å². The third kappa shape index (κ3) is 2.64. The molecule has 0 bridgehead atoms. The molecule has 3 heterocycles. The highest BCUT2D eigenvalue weighted by Gasteiger charge is 2.70. The maximum atomic E-state index is 13.7. The van der Waals surface area contributed by atoms with Crippen molar-refractivity contribution in [1.82, 2.24) is 5.32 Å². The van der Waals surface area contributed by atoms with Crippen LogP contribution in [0, 0.1) is 18.8 Å². The summed E-state index contributed by atoms with van der Waals surface area (Å²) >= 11 is 0. The van der Waals surface area contributed by atoms with Gasteiger partial charge in [0.05, 0.1) is 17.5 Å². The summed E-state index contributed by atoms with van der Waals surface area (Å²) in [5.41, 5.74) is 1.24. The number of anilines is 2. The van der Waals surface area contributed by atoms with Crippen molar-refractivity contribution in [2.75, 3.05) is 10.2 Å². The number of amides is 3. The van der Waals surface area contributed by atoms with Crippen LogP contribution in [0.15, 0.2) is 48.5 Å². The minimum Gasteiger partial charge on any atom is -0.481 e. The first-order valence-electron chi connectivity index (χ1n) is 10.2. The molecule has 158 valence electrons. The van der Waals surface area contributed by atoms with E-state index in [1.54, 1.807) is 36.4 Å². The van der Waals surface area contributed by atoms with E-state index in [9.17, 15) is 24.3 Å². The summed E-state index contributed by atoms with van der Waals surface area (Å²) in [4.78, 5) is 52.8. The van der Waals surface area contributed by atoms with Gasteiger partial charge in [0.25, 0.3) is 0 Å². The fourth-order valence-corrected chi connectivity index (χ4v) is 5.23. The number of para-hydroxylation sites is 1. The van der Waals surface area contributed by atoms with E-state index in [1.807, 2.05) is 19.1 Å². The summed E-state index contributed by atoms with van der Waals surface area (Å²) in [5, 5.41) is 15.2. The van der Waals surface area contributed by atoms with Gasteiger partial charge in [-0.3, -0.25) is 24.5 Å². The third-order valence-electron chi connectivity index (χ3n) is 6.58. The number of hydrogen-bond donors (Lipinski definition) is 3.